The minimum atomic E-state index is -1.97. The molecule has 10 nitrogen and oxygen atoms in total. The molecule has 6 atom stereocenters. The number of phenolic OH excluding ortho intramolecular Hbond substituents is 2. The van der Waals surface area contributed by atoms with Crippen LogP contribution in [-0.2, 0) is 20.7 Å². The van der Waals surface area contributed by atoms with Crippen molar-refractivity contribution in [3.8, 4) is 17.2 Å². The maximum absolute atomic E-state index is 13.6. The van der Waals surface area contributed by atoms with E-state index in [1.54, 1.807) is 6.92 Å². The number of aliphatic hydroxyl groups excluding tert-OH is 1. The lowest BCUT2D eigenvalue weighted by Gasteiger charge is -2.41. The summed E-state index contributed by atoms with van der Waals surface area (Å²) in [7, 11) is 1.35. The number of aromatic hydroxyl groups is 2. The normalized spacial score (nSPS) is 30.8. The van der Waals surface area contributed by atoms with Crippen LogP contribution < -0.4 is 4.74 Å². The SMILES string of the molecule is COc1cccc2c1C(=O)c1c(O)c3c(c(O)c1C2=O)C[C@@](O)(C=O)C[C@@H]3OC1CC(C)C(O)C(C)O1. The molecule has 3 aliphatic rings. The summed E-state index contributed by atoms with van der Waals surface area (Å²) in [5.41, 5.74) is -2.88. The van der Waals surface area contributed by atoms with Gasteiger partial charge in [0.05, 0.1) is 42.1 Å². The standard InChI is InChI=1S/C27H28O10/c1-11-7-17(36-12(2)22(11)29)37-16-9-27(34,10-28)8-14-19(16)26(33)21-20(24(14)31)23(30)13-5-4-6-15(35-3)18(13)25(21)32/h4-6,10-12,16-17,22,29,31,33-34H,7-9H2,1-3H3/t11?,12?,16-,17?,22?,27-/m0/s1. The Labute approximate surface area is 212 Å². The number of carbonyl (C=O) groups is 3. The van der Waals surface area contributed by atoms with E-state index in [0.717, 1.165) is 0 Å². The first-order valence-electron chi connectivity index (χ1n) is 12.1. The second-order valence-corrected chi connectivity index (χ2v) is 10.1. The van der Waals surface area contributed by atoms with Gasteiger partial charge in [0, 0.05) is 36.0 Å². The van der Waals surface area contributed by atoms with Gasteiger partial charge in [-0.05, 0) is 18.9 Å². The van der Waals surface area contributed by atoms with Crippen LogP contribution in [-0.4, -0.2) is 69.5 Å². The molecular formula is C27H28O10. The van der Waals surface area contributed by atoms with Crippen molar-refractivity contribution in [2.24, 2.45) is 5.92 Å². The summed E-state index contributed by atoms with van der Waals surface area (Å²) in [6.07, 6.45) is -3.38. The van der Waals surface area contributed by atoms with Gasteiger partial charge >= 0.3 is 0 Å². The third kappa shape index (κ3) is 3.83. The number of hydrogen-bond acceptors (Lipinski definition) is 10. The highest BCUT2D eigenvalue weighted by atomic mass is 16.7. The van der Waals surface area contributed by atoms with E-state index < -0.39 is 70.8 Å². The summed E-state index contributed by atoms with van der Waals surface area (Å²) in [5, 5.41) is 43.8. The fourth-order valence-corrected chi connectivity index (χ4v) is 5.70. The van der Waals surface area contributed by atoms with Crippen LogP contribution in [0.5, 0.6) is 17.2 Å². The van der Waals surface area contributed by atoms with Crippen LogP contribution in [0.2, 0.25) is 0 Å². The highest BCUT2D eigenvalue weighted by molar-refractivity contribution is 6.31. The number of phenols is 2. The van der Waals surface area contributed by atoms with Crippen LogP contribution in [0.25, 0.3) is 0 Å². The number of fused-ring (bicyclic) bond motifs is 3. The number of aldehydes is 1. The Balaban J connectivity index is 1.67. The molecule has 0 aromatic heterocycles. The van der Waals surface area contributed by atoms with Gasteiger partial charge in [-0.2, -0.15) is 0 Å². The zero-order valence-corrected chi connectivity index (χ0v) is 20.6. The molecule has 1 fully saturated rings. The Hall–Kier alpha value is -3.31. The molecule has 2 aliphatic carbocycles. The second kappa shape index (κ2) is 8.91. The molecule has 0 saturated carbocycles. The summed E-state index contributed by atoms with van der Waals surface area (Å²) >= 11 is 0. The highest BCUT2D eigenvalue weighted by Gasteiger charge is 2.47. The molecular weight excluding hydrogens is 484 g/mol. The van der Waals surface area contributed by atoms with Crippen LogP contribution in [0, 0.1) is 5.92 Å². The number of methoxy groups -OCH3 is 1. The summed E-state index contributed by atoms with van der Waals surface area (Å²) in [6, 6.07) is 4.46. The Bertz CT molecular complexity index is 1300. The smallest absolute Gasteiger partial charge is 0.202 e. The van der Waals surface area contributed by atoms with Crippen molar-refractivity contribution in [2.75, 3.05) is 7.11 Å². The van der Waals surface area contributed by atoms with Gasteiger partial charge in [0.15, 0.2) is 18.4 Å². The van der Waals surface area contributed by atoms with Gasteiger partial charge in [-0.1, -0.05) is 19.1 Å². The Morgan fingerprint density at radius 2 is 1.78 bits per heavy atom. The van der Waals surface area contributed by atoms with Crippen molar-refractivity contribution < 1.29 is 49.0 Å². The zero-order valence-electron chi connectivity index (χ0n) is 20.6. The molecule has 1 saturated heterocycles. The average Bonchev–Trinajstić information content (AvgIpc) is 2.87. The molecule has 1 heterocycles. The first-order chi connectivity index (χ1) is 17.5. The number of carbonyl (C=O) groups excluding carboxylic acids is 3. The first-order valence-corrected chi connectivity index (χ1v) is 12.1. The van der Waals surface area contributed by atoms with E-state index in [4.69, 9.17) is 14.2 Å². The van der Waals surface area contributed by atoms with E-state index in [1.807, 2.05) is 6.92 Å². The van der Waals surface area contributed by atoms with Crippen molar-refractivity contribution in [1.82, 2.24) is 0 Å². The first kappa shape index (κ1) is 25.3. The fraction of sp³-hybridized carbons (Fsp3) is 0.444. The van der Waals surface area contributed by atoms with Crippen LogP contribution in [0.4, 0.5) is 0 Å². The van der Waals surface area contributed by atoms with Gasteiger partial charge in [-0.3, -0.25) is 9.59 Å². The number of aliphatic hydroxyl groups is 2. The van der Waals surface area contributed by atoms with Crippen LogP contribution in [0.3, 0.4) is 0 Å². The third-order valence-electron chi connectivity index (χ3n) is 7.64. The van der Waals surface area contributed by atoms with Crippen molar-refractivity contribution in [2.45, 2.75) is 63.3 Å². The van der Waals surface area contributed by atoms with E-state index in [-0.39, 0.29) is 46.8 Å². The van der Waals surface area contributed by atoms with Gasteiger partial charge < -0.3 is 39.4 Å². The molecule has 37 heavy (non-hydrogen) atoms. The van der Waals surface area contributed by atoms with Crippen LogP contribution in [0.15, 0.2) is 18.2 Å². The fourth-order valence-electron chi connectivity index (χ4n) is 5.70. The van der Waals surface area contributed by atoms with Crippen molar-refractivity contribution in [3.63, 3.8) is 0 Å². The quantitative estimate of drug-likeness (QED) is 0.300. The van der Waals surface area contributed by atoms with Gasteiger partial charge in [-0.25, -0.2) is 0 Å². The number of ether oxygens (including phenoxy) is 3. The molecule has 4 unspecified atom stereocenters. The Kier molecular flexibility index (Phi) is 6.11. The van der Waals surface area contributed by atoms with Crippen molar-refractivity contribution >= 4 is 17.9 Å². The van der Waals surface area contributed by atoms with E-state index in [2.05, 4.69) is 0 Å². The van der Waals surface area contributed by atoms with Crippen molar-refractivity contribution in [3.05, 3.63) is 51.6 Å². The maximum Gasteiger partial charge on any atom is 0.202 e. The molecule has 10 heteroatoms. The predicted molar refractivity (Wildman–Crippen MR) is 127 cm³/mol. The lowest BCUT2D eigenvalue weighted by molar-refractivity contribution is -0.254. The van der Waals surface area contributed by atoms with Crippen LogP contribution >= 0.6 is 0 Å². The molecule has 2 aromatic carbocycles. The van der Waals surface area contributed by atoms with Crippen molar-refractivity contribution in [1.29, 1.82) is 0 Å². The number of ketones is 2. The Morgan fingerprint density at radius 1 is 1.08 bits per heavy atom. The zero-order chi connectivity index (χ0) is 26.8. The minimum absolute atomic E-state index is 0.00195. The summed E-state index contributed by atoms with van der Waals surface area (Å²) in [5.74, 6) is -2.65. The van der Waals surface area contributed by atoms with Gasteiger partial charge in [0.2, 0.25) is 5.78 Å². The summed E-state index contributed by atoms with van der Waals surface area (Å²) in [4.78, 5) is 38.9. The lowest BCUT2D eigenvalue weighted by Crippen LogP contribution is -2.45. The summed E-state index contributed by atoms with van der Waals surface area (Å²) in [6.45, 7) is 3.51. The van der Waals surface area contributed by atoms with Gasteiger partial charge in [0.25, 0.3) is 0 Å². The molecule has 5 rings (SSSR count). The molecule has 196 valence electrons. The van der Waals surface area contributed by atoms with E-state index in [0.29, 0.717) is 6.29 Å². The predicted octanol–water partition coefficient (Wildman–Crippen LogP) is 1.95. The van der Waals surface area contributed by atoms with E-state index in [9.17, 15) is 34.8 Å². The van der Waals surface area contributed by atoms with Crippen LogP contribution in [0.1, 0.15) is 75.8 Å². The molecule has 2 aromatic rings. The highest BCUT2D eigenvalue weighted by Crippen LogP contribution is 2.52. The molecule has 0 bridgehead atoms. The Morgan fingerprint density at radius 3 is 2.43 bits per heavy atom. The topological polar surface area (TPSA) is 160 Å². The van der Waals surface area contributed by atoms with Gasteiger partial charge in [0.1, 0.15) is 22.8 Å². The van der Waals surface area contributed by atoms with E-state index >= 15 is 0 Å². The average molecular weight is 513 g/mol. The maximum atomic E-state index is 13.6. The molecule has 0 amide bonds. The largest absolute Gasteiger partial charge is 0.507 e. The minimum Gasteiger partial charge on any atom is -0.507 e. The number of rotatable bonds is 4. The van der Waals surface area contributed by atoms with E-state index in [1.165, 1.54) is 25.3 Å². The second-order valence-electron chi connectivity index (χ2n) is 10.1. The molecule has 4 N–H and O–H groups in total. The summed E-state index contributed by atoms with van der Waals surface area (Å²) < 4.78 is 17.1. The molecule has 0 spiro atoms. The third-order valence-corrected chi connectivity index (χ3v) is 7.64. The lowest BCUT2D eigenvalue weighted by atomic mass is 9.73. The molecule has 0 radical (unpaired) electrons. The monoisotopic (exact) mass is 512 g/mol. The number of hydrogen-bond donors (Lipinski definition) is 4. The molecule has 1 aliphatic heterocycles. The number of benzene rings is 2. The van der Waals surface area contributed by atoms with Gasteiger partial charge in [-0.15, -0.1) is 0 Å².